The van der Waals surface area contributed by atoms with Crippen LogP contribution in [0.15, 0.2) is 30.6 Å². The van der Waals surface area contributed by atoms with Gasteiger partial charge in [-0.15, -0.1) is 15.3 Å². The van der Waals surface area contributed by atoms with Crippen molar-refractivity contribution in [3.63, 3.8) is 0 Å². The summed E-state index contributed by atoms with van der Waals surface area (Å²) in [5, 5.41) is 15.7. The maximum absolute atomic E-state index is 13.0. The Hall–Kier alpha value is -2.84. The summed E-state index contributed by atoms with van der Waals surface area (Å²) in [7, 11) is 1.87. The molecular formula is C15H15F2N7. The maximum atomic E-state index is 13.0. The number of rotatable bonds is 3. The fourth-order valence-electron chi connectivity index (χ4n) is 2.84. The first-order valence-corrected chi connectivity index (χ1v) is 7.55. The predicted octanol–water partition coefficient (Wildman–Crippen LogP) is 2.09. The van der Waals surface area contributed by atoms with Gasteiger partial charge in [-0.25, -0.2) is 8.78 Å². The standard InChI is InChI=1S/C15H15F2N7/c1-22-8-11(7-18-22)10-3-2-6-23(9-10)13-5-4-12-19-20-15(14(16)17)24(12)21-13/h3-5,7-8,14H,2,6,9H2,1H3. The molecule has 0 bridgehead atoms. The molecule has 0 unspecified atom stereocenters. The zero-order valence-electron chi connectivity index (χ0n) is 13.0. The lowest BCUT2D eigenvalue weighted by Crippen LogP contribution is -2.30. The smallest absolute Gasteiger partial charge is 0.299 e. The minimum atomic E-state index is -2.71. The van der Waals surface area contributed by atoms with Gasteiger partial charge >= 0.3 is 0 Å². The second kappa shape index (κ2) is 5.66. The third-order valence-corrected chi connectivity index (χ3v) is 4.02. The average Bonchev–Trinajstić information content (AvgIpc) is 3.20. The Balaban J connectivity index is 1.65. The molecule has 0 saturated heterocycles. The Bertz CT molecular complexity index is 912. The minimum absolute atomic E-state index is 0.314. The van der Waals surface area contributed by atoms with Crippen molar-refractivity contribution in [1.82, 2.24) is 29.6 Å². The molecule has 4 heterocycles. The molecule has 0 spiro atoms. The van der Waals surface area contributed by atoms with E-state index in [1.807, 2.05) is 19.4 Å². The number of hydrogen-bond donors (Lipinski definition) is 0. The number of aromatic nitrogens is 6. The van der Waals surface area contributed by atoms with Gasteiger partial charge in [0.25, 0.3) is 6.43 Å². The van der Waals surface area contributed by atoms with Crippen LogP contribution in [0, 0.1) is 0 Å². The topological polar surface area (TPSA) is 64.1 Å². The Kier molecular flexibility index (Phi) is 3.47. The fraction of sp³-hybridized carbons (Fsp3) is 0.333. The van der Waals surface area contributed by atoms with Crippen molar-refractivity contribution >= 4 is 17.0 Å². The van der Waals surface area contributed by atoms with Gasteiger partial charge in [-0.2, -0.15) is 9.61 Å². The molecule has 1 aliphatic heterocycles. The first-order chi connectivity index (χ1) is 11.6. The van der Waals surface area contributed by atoms with Crippen LogP contribution in [0.2, 0.25) is 0 Å². The Morgan fingerprint density at radius 3 is 2.83 bits per heavy atom. The maximum Gasteiger partial charge on any atom is 0.299 e. The van der Waals surface area contributed by atoms with Gasteiger partial charge in [0.15, 0.2) is 5.65 Å². The second-order valence-electron chi connectivity index (χ2n) is 5.66. The fourth-order valence-corrected chi connectivity index (χ4v) is 2.84. The highest BCUT2D eigenvalue weighted by molar-refractivity contribution is 5.70. The third-order valence-electron chi connectivity index (χ3n) is 4.02. The largest absolute Gasteiger partial charge is 0.351 e. The van der Waals surface area contributed by atoms with Crippen molar-refractivity contribution in [3.05, 3.63) is 42.0 Å². The lowest BCUT2D eigenvalue weighted by atomic mass is 10.0. The number of fused-ring (bicyclic) bond motifs is 1. The summed E-state index contributed by atoms with van der Waals surface area (Å²) < 4.78 is 28.9. The zero-order valence-corrected chi connectivity index (χ0v) is 13.0. The SMILES string of the molecule is Cn1cc(C2=CCCN(c3ccc4nnc(C(F)F)n4n3)C2)cn1. The lowest BCUT2D eigenvalue weighted by molar-refractivity contribution is 0.137. The van der Waals surface area contributed by atoms with Crippen molar-refractivity contribution in [2.75, 3.05) is 18.0 Å². The monoisotopic (exact) mass is 331 g/mol. The van der Waals surface area contributed by atoms with E-state index >= 15 is 0 Å². The normalized spacial score (nSPS) is 15.3. The molecule has 4 rings (SSSR count). The minimum Gasteiger partial charge on any atom is -0.351 e. The quantitative estimate of drug-likeness (QED) is 0.735. The van der Waals surface area contributed by atoms with Crippen LogP contribution in [0.5, 0.6) is 0 Å². The molecule has 0 aliphatic carbocycles. The molecule has 9 heteroatoms. The number of nitrogens with zero attached hydrogens (tertiary/aromatic N) is 7. The van der Waals surface area contributed by atoms with E-state index in [9.17, 15) is 8.78 Å². The molecule has 0 aromatic carbocycles. The molecule has 3 aromatic heterocycles. The highest BCUT2D eigenvalue weighted by atomic mass is 19.3. The summed E-state index contributed by atoms with van der Waals surface area (Å²) in [5.41, 5.74) is 2.52. The van der Waals surface area contributed by atoms with Crippen molar-refractivity contribution < 1.29 is 8.78 Å². The van der Waals surface area contributed by atoms with E-state index in [1.165, 1.54) is 0 Å². The summed E-state index contributed by atoms with van der Waals surface area (Å²) in [4.78, 5) is 2.05. The van der Waals surface area contributed by atoms with E-state index in [-0.39, 0.29) is 0 Å². The van der Waals surface area contributed by atoms with Crippen molar-refractivity contribution in [2.45, 2.75) is 12.8 Å². The van der Waals surface area contributed by atoms with E-state index in [1.54, 1.807) is 16.8 Å². The number of alkyl halides is 2. The number of hydrogen-bond acceptors (Lipinski definition) is 5. The second-order valence-corrected chi connectivity index (χ2v) is 5.66. The average molecular weight is 331 g/mol. The highest BCUT2D eigenvalue weighted by Gasteiger charge is 2.20. The number of aryl methyl sites for hydroxylation is 1. The summed E-state index contributed by atoms with van der Waals surface area (Å²) >= 11 is 0. The van der Waals surface area contributed by atoms with Crippen LogP contribution in [0.1, 0.15) is 24.2 Å². The van der Waals surface area contributed by atoms with Crippen LogP contribution in [0.25, 0.3) is 11.2 Å². The van der Waals surface area contributed by atoms with Gasteiger partial charge in [-0.05, 0) is 24.1 Å². The Morgan fingerprint density at radius 1 is 1.21 bits per heavy atom. The van der Waals surface area contributed by atoms with Crippen LogP contribution in [0.3, 0.4) is 0 Å². The van der Waals surface area contributed by atoms with Gasteiger partial charge in [0.2, 0.25) is 5.82 Å². The molecule has 0 N–H and O–H groups in total. The zero-order chi connectivity index (χ0) is 16.7. The van der Waals surface area contributed by atoms with Crippen molar-refractivity contribution in [1.29, 1.82) is 0 Å². The first-order valence-electron chi connectivity index (χ1n) is 7.55. The van der Waals surface area contributed by atoms with Crippen LogP contribution in [-0.2, 0) is 7.05 Å². The van der Waals surface area contributed by atoms with Crippen LogP contribution in [-0.4, -0.2) is 42.7 Å². The lowest BCUT2D eigenvalue weighted by Gasteiger charge is -2.28. The molecule has 24 heavy (non-hydrogen) atoms. The van der Waals surface area contributed by atoms with E-state index in [2.05, 4.69) is 31.4 Å². The van der Waals surface area contributed by atoms with Crippen LogP contribution >= 0.6 is 0 Å². The van der Waals surface area contributed by atoms with Gasteiger partial charge in [-0.3, -0.25) is 4.68 Å². The molecular weight excluding hydrogens is 316 g/mol. The summed E-state index contributed by atoms with van der Waals surface area (Å²) in [6, 6.07) is 3.44. The van der Waals surface area contributed by atoms with Gasteiger partial charge in [0, 0.05) is 31.9 Å². The van der Waals surface area contributed by atoms with Gasteiger partial charge < -0.3 is 4.90 Å². The van der Waals surface area contributed by atoms with Gasteiger partial charge in [0.1, 0.15) is 5.82 Å². The van der Waals surface area contributed by atoms with Crippen molar-refractivity contribution in [2.24, 2.45) is 7.05 Å². The molecule has 3 aromatic rings. The van der Waals surface area contributed by atoms with E-state index in [0.29, 0.717) is 18.0 Å². The summed E-state index contributed by atoms with van der Waals surface area (Å²) in [6.45, 7) is 1.42. The molecule has 0 fully saturated rings. The van der Waals surface area contributed by atoms with Gasteiger partial charge in [-0.1, -0.05) is 6.08 Å². The summed E-state index contributed by atoms with van der Waals surface area (Å²) in [5.74, 6) is 0.186. The van der Waals surface area contributed by atoms with Crippen LogP contribution < -0.4 is 4.90 Å². The Morgan fingerprint density at radius 2 is 2.08 bits per heavy atom. The molecule has 1 aliphatic rings. The molecule has 0 atom stereocenters. The molecule has 0 radical (unpaired) electrons. The van der Waals surface area contributed by atoms with Crippen molar-refractivity contribution in [3.8, 4) is 0 Å². The highest BCUT2D eigenvalue weighted by Crippen LogP contribution is 2.25. The molecule has 7 nitrogen and oxygen atoms in total. The molecule has 0 amide bonds. The molecule has 0 saturated carbocycles. The van der Waals surface area contributed by atoms with E-state index in [0.717, 1.165) is 28.6 Å². The van der Waals surface area contributed by atoms with Gasteiger partial charge in [0.05, 0.1) is 6.20 Å². The van der Waals surface area contributed by atoms with E-state index < -0.39 is 12.2 Å². The first kappa shape index (κ1) is 14.7. The van der Waals surface area contributed by atoms with Crippen LogP contribution in [0.4, 0.5) is 14.6 Å². The predicted molar refractivity (Wildman–Crippen MR) is 83.8 cm³/mol. The summed E-state index contributed by atoms with van der Waals surface area (Å²) in [6.07, 6.45) is 4.10. The number of halogens is 2. The Labute approximate surface area is 136 Å². The third kappa shape index (κ3) is 2.51. The molecule has 124 valence electrons. The van der Waals surface area contributed by atoms with E-state index in [4.69, 9.17) is 0 Å². The number of anilines is 1.